The monoisotopic (exact) mass is 235 g/mol. The Labute approximate surface area is 103 Å². The topological polar surface area (TPSA) is 12.0 Å². The molecule has 0 saturated heterocycles. The van der Waals surface area contributed by atoms with Crippen molar-refractivity contribution in [2.75, 3.05) is 0 Å². The maximum Gasteiger partial charge on any atom is 0.123 e. The predicted octanol–water partition coefficient (Wildman–Crippen LogP) is 3.91. The van der Waals surface area contributed by atoms with Crippen LogP contribution < -0.4 is 5.32 Å². The molecule has 1 aromatic carbocycles. The second-order valence-electron chi connectivity index (χ2n) is 5.61. The minimum atomic E-state index is -0.163. The molecule has 0 amide bonds. The van der Waals surface area contributed by atoms with Crippen LogP contribution in [-0.2, 0) is 0 Å². The molecule has 0 radical (unpaired) electrons. The summed E-state index contributed by atoms with van der Waals surface area (Å²) in [6.45, 7) is 6.74. The lowest BCUT2D eigenvalue weighted by Gasteiger charge is -2.40. The first-order chi connectivity index (χ1) is 8.06. The largest absolute Gasteiger partial charge is 0.307 e. The molecule has 94 valence electrons. The standard InChI is InChI=1S/C15H22FN/c1-10(2)13-8-15(9-13)17-11(3)12-4-6-14(16)7-5-12/h4-7,10-11,13,15,17H,8-9H2,1-3H3/t11-,13?,15?/m0/s1. The van der Waals surface area contributed by atoms with Crippen LogP contribution in [0, 0.1) is 17.7 Å². The first-order valence-corrected chi connectivity index (χ1v) is 6.57. The molecular formula is C15H22FN. The lowest BCUT2D eigenvalue weighted by atomic mass is 9.73. The Hall–Kier alpha value is -0.890. The van der Waals surface area contributed by atoms with Gasteiger partial charge in [-0.2, -0.15) is 0 Å². The molecule has 0 heterocycles. The van der Waals surface area contributed by atoms with E-state index < -0.39 is 0 Å². The Morgan fingerprint density at radius 1 is 1.12 bits per heavy atom. The van der Waals surface area contributed by atoms with Crippen LogP contribution in [0.15, 0.2) is 24.3 Å². The van der Waals surface area contributed by atoms with E-state index in [0.717, 1.165) is 11.8 Å². The second kappa shape index (κ2) is 5.18. The molecule has 2 heteroatoms. The summed E-state index contributed by atoms with van der Waals surface area (Å²) in [4.78, 5) is 0. The third-order valence-corrected chi connectivity index (χ3v) is 3.97. The Bertz CT molecular complexity index is 352. The van der Waals surface area contributed by atoms with Gasteiger partial charge in [0.05, 0.1) is 0 Å². The molecule has 0 unspecified atom stereocenters. The Morgan fingerprint density at radius 3 is 2.24 bits per heavy atom. The van der Waals surface area contributed by atoms with E-state index in [1.807, 2.05) is 12.1 Å². The molecule has 0 aliphatic heterocycles. The quantitative estimate of drug-likeness (QED) is 0.834. The fourth-order valence-corrected chi connectivity index (χ4v) is 2.54. The third kappa shape index (κ3) is 3.06. The molecular weight excluding hydrogens is 213 g/mol. The maximum atomic E-state index is 12.8. The maximum absolute atomic E-state index is 12.8. The van der Waals surface area contributed by atoms with E-state index in [1.165, 1.54) is 30.5 Å². The van der Waals surface area contributed by atoms with E-state index in [2.05, 4.69) is 26.1 Å². The molecule has 0 bridgehead atoms. The van der Waals surface area contributed by atoms with Crippen molar-refractivity contribution in [3.63, 3.8) is 0 Å². The number of hydrogen-bond donors (Lipinski definition) is 1. The molecule has 1 N–H and O–H groups in total. The van der Waals surface area contributed by atoms with Gasteiger partial charge in [-0.25, -0.2) is 4.39 Å². The van der Waals surface area contributed by atoms with Crippen LogP contribution in [-0.4, -0.2) is 6.04 Å². The normalized spacial score (nSPS) is 25.7. The van der Waals surface area contributed by atoms with Crippen molar-refractivity contribution in [1.82, 2.24) is 5.32 Å². The van der Waals surface area contributed by atoms with E-state index in [4.69, 9.17) is 0 Å². The minimum absolute atomic E-state index is 0.163. The molecule has 2 rings (SSSR count). The van der Waals surface area contributed by atoms with Crippen molar-refractivity contribution in [3.05, 3.63) is 35.6 Å². The zero-order valence-corrected chi connectivity index (χ0v) is 10.9. The summed E-state index contributed by atoms with van der Waals surface area (Å²) in [5, 5.41) is 3.61. The van der Waals surface area contributed by atoms with Crippen LogP contribution in [0.25, 0.3) is 0 Å². The van der Waals surface area contributed by atoms with Crippen LogP contribution in [0.5, 0.6) is 0 Å². The van der Waals surface area contributed by atoms with E-state index in [1.54, 1.807) is 0 Å². The number of nitrogens with one attached hydrogen (secondary N) is 1. The van der Waals surface area contributed by atoms with Crippen molar-refractivity contribution < 1.29 is 4.39 Å². The van der Waals surface area contributed by atoms with Gasteiger partial charge in [0.1, 0.15) is 5.82 Å². The van der Waals surface area contributed by atoms with Gasteiger partial charge in [-0.3, -0.25) is 0 Å². The first kappa shape index (κ1) is 12.6. The van der Waals surface area contributed by atoms with E-state index in [0.29, 0.717) is 12.1 Å². The highest BCUT2D eigenvalue weighted by Gasteiger charge is 2.31. The summed E-state index contributed by atoms with van der Waals surface area (Å²) in [6, 6.07) is 7.75. The average molecular weight is 235 g/mol. The molecule has 1 fully saturated rings. The molecule has 17 heavy (non-hydrogen) atoms. The van der Waals surface area contributed by atoms with Gasteiger partial charge in [0.25, 0.3) is 0 Å². The molecule has 1 aliphatic carbocycles. The third-order valence-electron chi connectivity index (χ3n) is 3.97. The number of hydrogen-bond acceptors (Lipinski definition) is 1. The number of benzene rings is 1. The molecule has 1 atom stereocenters. The summed E-state index contributed by atoms with van der Waals surface area (Å²) in [5.74, 6) is 1.52. The summed E-state index contributed by atoms with van der Waals surface area (Å²) < 4.78 is 12.8. The van der Waals surface area contributed by atoms with E-state index in [9.17, 15) is 4.39 Å². The molecule has 1 nitrogen and oxygen atoms in total. The van der Waals surface area contributed by atoms with Gasteiger partial charge in [0, 0.05) is 12.1 Å². The van der Waals surface area contributed by atoms with Gasteiger partial charge in [-0.1, -0.05) is 26.0 Å². The smallest absolute Gasteiger partial charge is 0.123 e. The van der Waals surface area contributed by atoms with Gasteiger partial charge in [0.2, 0.25) is 0 Å². The first-order valence-electron chi connectivity index (χ1n) is 6.57. The number of halogens is 1. The second-order valence-corrected chi connectivity index (χ2v) is 5.61. The lowest BCUT2D eigenvalue weighted by Crippen LogP contribution is -2.43. The predicted molar refractivity (Wildman–Crippen MR) is 69.3 cm³/mol. The van der Waals surface area contributed by atoms with Crippen molar-refractivity contribution in [2.24, 2.45) is 11.8 Å². The molecule has 0 spiro atoms. The highest BCUT2D eigenvalue weighted by Crippen LogP contribution is 2.34. The van der Waals surface area contributed by atoms with E-state index >= 15 is 0 Å². The molecule has 1 aromatic rings. The van der Waals surface area contributed by atoms with Crippen molar-refractivity contribution in [1.29, 1.82) is 0 Å². The van der Waals surface area contributed by atoms with Gasteiger partial charge < -0.3 is 5.32 Å². The fraction of sp³-hybridized carbons (Fsp3) is 0.600. The lowest BCUT2D eigenvalue weighted by molar-refractivity contribution is 0.159. The Balaban J connectivity index is 1.82. The van der Waals surface area contributed by atoms with Crippen molar-refractivity contribution in [2.45, 2.75) is 45.7 Å². The molecule has 0 aromatic heterocycles. The van der Waals surface area contributed by atoms with Crippen LogP contribution in [0.4, 0.5) is 4.39 Å². The van der Waals surface area contributed by atoms with Crippen LogP contribution in [0.3, 0.4) is 0 Å². The zero-order valence-electron chi connectivity index (χ0n) is 10.9. The highest BCUT2D eigenvalue weighted by molar-refractivity contribution is 5.19. The van der Waals surface area contributed by atoms with Crippen LogP contribution in [0.1, 0.15) is 45.2 Å². The summed E-state index contributed by atoms with van der Waals surface area (Å²) in [5.41, 5.74) is 1.17. The van der Waals surface area contributed by atoms with Gasteiger partial charge in [-0.05, 0) is 49.3 Å². The van der Waals surface area contributed by atoms with Crippen molar-refractivity contribution >= 4 is 0 Å². The SMILES string of the molecule is CC(C)C1CC(N[C@@H](C)c2ccc(F)cc2)C1. The molecule has 1 saturated carbocycles. The zero-order chi connectivity index (χ0) is 12.4. The summed E-state index contributed by atoms with van der Waals surface area (Å²) in [7, 11) is 0. The summed E-state index contributed by atoms with van der Waals surface area (Å²) >= 11 is 0. The van der Waals surface area contributed by atoms with Crippen LogP contribution in [0.2, 0.25) is 0 Å². The summed E-state index contributed by atoms with van der Waals surface area (Å²) in [6.07, 6.45) is 2.56. The van der Waals surface area contributed by atoms with Gasteiger partial charge >= 0.3 is 0 Å². The van der Waals surface area contributed by atoms with E-state index in [-0.39, 0.29) is 5.82 Å². The highest BCUT2D eigenvalue weighted by atomic mass is 19.1. The average Bonchev–Trinajstić information content (AvgIpc) is 2.23. The van der Waals surface area contributed by atoms with Gasteiger partial charge in [-0.15, -0.1) is 0 Å². The number of rotatable bonds is 4. The molecule has 1 aliphatic rings. The minimum Gasteiger partial charge on any atom is -0.307 e. The Kier molecular flexibility index (Phi) is 3.82. The Morgan fingerprint density at radius 2 is 1.71 bits per heavy atom. The fourth-order valence-electron chi connectivity index (χ4n) is 2.54. The van der Waals surface area contributed by atoms with Crippen molar-refractivity contribution in [3.8, 4) is 0 Å². The van der Waals surface area contributed by atoms with Gasteiger partial charge in [0.15, 0.2) is 0 Å². The van der Waals surface area contributed by atoms with Crippen LogP contribution >= 0.6 is 0 Å².